The number of hydrogen-bond acceptors (Lipinski definition) is 6. The van der Waals surface area contributed by atoms with Gasteiger partial charge in [-0.15, -0.1) is 0 Å². The van der Waals surface area contributed by atoms with Gasteiger partial charge in [-0.25, -0.2) is 4.57 Å². The van der Waals surface area contributed by atoms with Crippen molar-refractivity contribution in [3.05, 3.63) is 73.1 Å². The first kappa shape index (κ1) is 45.8. The summed E-state index contributed by atoms with van der Waals surface area (Å²) in [6, 6.07) is 0. The zero-order valence-electron chi connectivity index (χ0n) is 30.0. The summed E-state index contributed by atoms with van der Waals surface area (Å²) in [5, 5.41) is 10.2. The van der Waals surface area contributed by atoms with Crippen LogP contribution in [0.1, 0.15) is 142 Å². The Morgan fingerprint density at radius 1 is 0.688 bits per heavy atom. The van der Waals surface area contributed by atoms with Gasteiger partial charge in [-0.3, -0.25) is 9.32 Å². The average Bonchev–Trinajstić information content (AvgIpc) is 3.05. The van der Waals surface area contributed by atoms with Crippen molar-refractivity contribution in [2.24, 2.45) is 0 Å². The van der Waals surface area contributed by atoms with E-state index in [9.17, 15) is 14.5 Å². The van der Waals surface area contributed by atoms with Crippen molar-refractivity contribution in [1.82, 2.24) is 0 Å². The minimum atomic E-state index is -4.72. The summed E-state index contributed by atoms with van der Waals surface area (Å²) >= 11 is 0. The molecule has 0 heterocycles. The first-order valence-corrected chi connectivity index (χ1v) is 19.9. The molecule has 0 aromatic heterocycles. The Bertz CT molecular complexity index is 963. The number of phosphoric acid groups is 1. The van der Waals surface area contributed by atoms with E-state index in [0.29, 0.717) is 12.8 Å². The van der Waals surface area contributed by atoms with E-state index in [0.717, 1.165) is 38.5 Å². The second-order valence-corrected chi connectivity index (χ2v) is 13.3. The highest BCUT2D eigenvalue weighted by Gasteiger charge is 2.21. The molecule has 0 aliphatic rings. The molecule has 276 valence electrons. The standard InChI is InChI=1S/C39H67O8P/c1-3-5-7-9-11-13-15-17-19-21-23-25-27-29-34-45-35-38(36-46-48(42,43)44)47-39(41)33-30-32-37(40)31-28-26-24-22-20-18-16-14-12-10-8-6-4-2/h6,8,12,14,18,20,24,26,28-29,31,34,37-38,40H,3-5,7,9-11,13,15-17,19,21-23,25,27,30,32-33,35-36H2,1-2H3,(H2,42,43,44)/b8-6-,14-12-,20-18-,26-24-,31-28+,34-29+/t37?,38-/m1/s1. The number of rotatable bonds is 33. The van der Waals surface area contributed by atoms with Crippen LogP contribution in [0.4, 0.5) is 0 Å². The van der Waals surface area contributed by atoms with Gasteiger partial charge in [-0.1, -0.05) is 145 Å². The maximum absolute atomic E-state index is 12.3. The lowest BCUT2D eigenvalue weighted by Crippen LogP contribution is -2.27. The van der Waals surface area contributed by atoms with Crippen molar-refractivity contribution >= 4 is 13.8 Å². The van der Waals surface area contributed by atoms with Gasteiger partial charge in [0.2, 0.25) is 0 Å². The number of aliphatic hydroxyl groups is 1. The molecule has 0 amide bonds. The minimum Gasteiger partial charge on any atom is -0.498 e. The smallest absolute Gasteiger partial charge is 0.469 e. The molecule has 0 rings (SSSR count). The molecule has 9 heteroatoms. The molecule has 3 N–H and O–H groups in total. The summed E-state index contributed by atoms with van der Waals surface area (Å²) in [7, 11) is -4.72. The van der Waals surface area contributed by atoms with Crippen molar-refractivity contribution in [2.45, 2.75) is 154 Å². The van der Waals surface area contributed by atoms with Crippen LogP contribution in [-0.4, -0.2) is 46.3 Å². The second-order valence-electron chi connectivity index (χ2n) is 12.1. The van der Waals surface area contributed by atoms with Gasteiger partial charge in [0.05, 0.1) is 19.0 Å². The molecule has 1 unspecified atom stereocenters. The molecule has 0 radical (unpaired) electrons. The number of hydrogen-bond donors (Lipinski definition) is 3. The summed E-state index contributed by atoms with van der Waals surface area (Å²) in [6.07, 6.45) is 43.0. The molecule has 48 heavy (non-hydrogen) atoms. The molecular weight excluding hydrogens is 627 g/mol. The van der Waals surface area contributed by atoms with Gasteiger partial charge in [0.25, 0.3) is 0 Å². The van der Waals surface area contributed by atoms with Crippen molar-refractivity contribution in [3.8, 4) is 0 Å². The topological polar surface area (TPSA) is 123 Å². The molecule has 2 atom stereocenters. The summed E-state index contributed by atoms with van der Waals surface area (Å²) < 4.78 is 26.5. The number of phosphoric ester groups is 1. The predicted octanol–water partition coefficient (Wildman–Crippen LogP) is 10.5. The average molecular weight is 695 g/mol. The monoisotopic (exact) mass is 694 g/mol. The summed E-state index contributed by atoms with van der Waals surface area (Å²) in [6.45, 7) is 3.81. The van der Waals surface area contributed by atoms with E-state index in [1.165, 1.54) is 76.9 Å². The van der Waals surface area contributed by atoms with Crippen molar-refractivity contribution in [3.63, 3.8) is 0 Å². The third kappa shape index (κ3) is 36.6. The maximum Gasteiger partial charge on any atom is 0.469 e. The van der Waals surface area contributed by atoms with Crippen LogP contribution in [-0.2, 0) is 23.4 Å². The Labute approximate surface area is 292 Å². The molecule has 0 spiro atoms. The van der Waals surface area contributed by atoms with Gasteiger partial charge < -0.3 is 24.4 Å². The molecular formula is C39H67O8P. The van der Waals surface area contributed by atoms with E-state index in [1.807, 2.05) is 18.2 Å². The highest BCUT2D eigenvalue weighted by molar-refractivity contribution is 7.46. The molecule has 0 saturated heterocycles. The third-order valence-electron chi connectivity index (χ3n) is 7.44. The van der Waals surface area contributed by atoms with E-state index in [-0.39, 0.29) is 13.0 Å². The number of aliphatic hydroxyl groups excluding tert-OH is 1. The fourth-order valence-corrected chi connectivity index (χ4v) is 5.09. The normalized spacial score (nSPS) is 14.1. The summed E-state index contributed by atoms with van der Waals surface area (Å²) in [5.74, 6) is -0.548. The lowest BCUT2D eigenvalue weighted by Gasteiger charge is -2.18. The number of esters is 1. The van der Waals surface area contributed by atoms with Crippen LogP contribution in [0.2, 0.25) is 0 Å². The van der Waals surface area contributed by atoms with Gasteiger partial charge in [-0.05, 0) is 57.4 Å². The largest absolute Gasteiger partial charge is 0.498 e. The number of unbranched alkanes of at least 4 members (excludes halogenated alkanes) is 12. The van der Waals surface area contributed by atoms with Gasteiger partial charge in [0.15, 0.2) is 6.10 Å². The first-order chi connectivity index (χ1) is 23.3. The Morgan fingerprint density at radius 2 is 1.25 bits per heavy atom. The molecule has 0 aliphatic carbocycles. The zero-order valence-corrected chi connectivity index (χ0v) is 30.9. The number of carbonyl (C=O) groups excluding carboxylic acids is 1. The molecule has 0 aromatic carbocycles. The van der Waals surface area contributed by atoms with Crippen LogP contribution in [0.3, 0.4) is 0 Å². The van der Waals surface area contributed by atoms with Crippen molar-refractivity contribution in [2.75, 3.05) is 13.2 Å². The zero-order chi connectivity index (χ0) is 35.4. The fourth-order valence-electron chi connectivity index (χ4n) is 4.73. The molecule has 0 aromatic rings. The highest BCUT2D eigenvalue weighted by Crippen LogP contribution is 2.35. The maximum atomic E-state index is 12.3. The van der Waals surface area contributed by atoms with Crippen molar-refractivity contribution in [1.29, 1.82) is 0 Å². The van der Waals surface area contributed by atoms with Crippen molar-refractivity contribution < 1.29 is 38.3 Å². The summed E-state index contributed by atoms with van der Waals surface area (Å²) in [4.78, 5) is 30.5. The molecule has 0 saturated carbocycles. The Kier molecular flexibility index (Phi) is 33.0. The SMILES string of the molecule is CC/C=C\C/C=C\C/C=C\C/C=C\C=C\C(O)CCCC(=O)O[C@H](CO/C=C/CCCCCCCCCCCCCC)COP(=O)(O)O. The Hall–Kier alpha value is -2.22. The number of allylic oxidation sites excluding steroid dienone is 10. The van der Waals surface area contributed by atoms with Crippen LogP contribution in [0, 0.1) is 0 Å². The highest BCUT2D eigenvalue weighted by atomic mass is 31.2. The van der Waals surface area contributed by atoms with Gasteiger partial charge in [-0.2, -0.15) is 0 Å². The van der Waals surface area contributed by atoms with E-state index in [4.69, 9.17) is 19.3 Å². The Morgan fingerprint density at radius 3 is 1.83 bits per heavy atom. The van der Waals surface area contributed by atoms with E-state index in [1.54, 1.807) is 12.2 Å². The van der Waals surface area contributed by atoms with E-state index in [2.05, 4.69) is 54.8 Å². The molecule has 8 nitrogen and oxygen atoms in total. The molecule has 0 fully saturated rings. The van der Waals surface area contributed by atoms with Crippen LogP contribution < -0.4 is 0 Å². The first-order valence-electron chi connectivity index (χ1n) is 18.4. The van der Waals surface area contributed by atoms with Gasteiger partial charge in [0.1, 0.15) is 6.61 Å². The molecule has 0 aliphatic heterocycles. The number of carbonyl (C=O) groups is 1. The molecule has 0 bridgehead atoms. The minimum absolute atomic E-state index is 0.0517. The van der Waals surface area contributed by atoms with Crippen LogP contribution in [0.25, 0.3) is 0 Å². The lowest BCUT2D eigenvalue weighted by molar-refractivity contribution is -0.153. The van der Waals surface area contributed by atoms with E-state index < -0.39 is 32.6 Å². The summed E-state index contributed by atoms with van der Waals surface area (Å²) in [5.41, 5.74) is 0. The lowest BCUT2D eigenvalue weighted by atomic mass is 10.0. The van der Waals surface area contributed by atoms with E-state index >= 15 is 0 Å². The second kappa shape index (κ2) is 34.6. The van der Waals surface area contributed by atoms with Crippen LogP contribution in [0.5, 0.6) is 0 Å². The third-order valence-corrected chi connectivity index (χ3v) is 7.92. The van der Waals surface area contributed by atoms with Crippen LogP contribution >= 0.6 is 7.82 Å². The fraction of sp³-hybridized carbons (Fsp3) is 0.667. The predicted molar refractivity (Wildman–Crippen MR) is 198 cm³/mol. The van der Waals surface area contributed by atoms with Gasteiger partial charge >= 0.3 is 13.8 Å². The Balaban J connectivity index is 4.15. The number of ether oxygens (including phenoxy) is 2. The van der Waals surface area contributed by atoms with Crippen LogP contribution in [0.15, 0.2) is 73.1 Å². The quantitative estimate of drug-likeness (QED) is 0.0155. The van der Waals surface area contributed by atoms with Gasteiger partial charge in [0, 0.05) is 6.42 Å².